The summed E-state index contributed by atoms with van der Waals surface area (Å²) in [5, 5.41) is 0. The summed E-state index contributed by atoms with van der Waals surface area (Å²) in [6.45, 7) is 2.44. The average molecular weight is 487 g/mol. The van der Waals surface area contributed by atoms with Crippen molar-refractivity contribution < 1.29 is 22.6 Å². The van der Waals surface area contributed by atoms with Crippen molar-refractivity contribution in [3.8, 4) is 0 Å². The Morgan fingerprint density at radius 2 is 1.53 bits per heavy atom. The van der Waals surface area contributed by atoms with Crippen LogP contribution in [-0.4, -0.2) is 1.93 Å². The van der Waals surface area contributed by atoms with E-state index in [1.54, 1.807) is 0 Å². The maximum Gasteiger partial charge on any atom is 0.271 e. The topological polar surface area (TPSA) is 0 Å². The van der Waals surface area contributed by atoms with Crippen molar-refractivity contribution in [2.24, 2.45) is 23.7 Å². The smallest absolute Gasteiger partial charge is 0.0830 e. The van der Waals surface area contributed by atoms with E-state index >= 15 is 0 Å². The van der Waals surface area contributed by atoms with Gasteiger partial charge in [-0.25, -0.2) is 0 Å². The monoisotopic (exact) mass is 487 g/mol. The number of allylic oxidation sites excluding steroid dienone is 2. The lowest BCUT2D eigenvalue weighted by Gasteiger charge is -2.37. The van der Waals surface area contributed by atoms with E-state index in [9.17, 15) is 0 Å². The van der Waals surface area contributed by atoms with Gasteiger partial charge < -0.3 is 0 Å². The molecule has 0 spiro atoms. The van der Waals surface area contributed by atoms with E-state index in [0.717, 1.165) is 23.7 Å². The van der Waals surface area contributed by atoms with Crippen molar-refractivity contribution >= 4 is 22.6 Å². The van der Waals surface area contributed by atoms with Crippen molar-refractivity contribution in [2.45, 2.75) is 66.6 Å². The molecule has 0 bridgehead atoms. The van der Waals surface area contributed by atoms with Crippen LogP contribution in [0.3, 0.4) is 0 Å². The van der Waals surface area contributed by atoms with Crippen LogP contribution in [0.25, 0.3) is 0 Å². The Balaban J connectivity index is 1.67. The van der Waals surface area contributed by atoms with E-state index in [0.29, 0.717) is 1.93 Å². The molecule has 0 heterocycles. The SMILES string of the molecule is CC1CCC(C2CCC(CC=CC(I)[IH+])CC2)CC1. The van der Waals surface area contributed by atoms with Crippen molar-refractivity contribution in [3.05, 3.63) is 12.2 Å². The summed E-state index contributed by atoms with van der Waals surface area (Å²) >= 11 is 4.68. The molecule has 0 radical (unpaired) electrons. The number of halogens is 2. The maximum absolute atomic E-state index is 2.49. The summed E-state index contributed by atoms with van der Waals surface area (Å²) in [4.78, 5) is 0. The lowest BCUT2D eigenvalue weighted by molar-refractivity contribution is -0.363. The van der Waals surface area contributed by atoms with Gasteiger partial charge in [0.15, 0.2) is 0 Å². The lowest BCUT2D eigenvalue weighted by Crippen LogP contribution is -3.37. The molecule has 1 unspecified atom stereocenters. The van der Waals surface area contributed by atoms with Crippen molar-refractivity contribution in [2.75, 3.05) is 0 Å². The van der Waals surface area contributed by atoms with Gasteiger partial charge in [0.2, 0.25) is 1.93 Å². The third-order valence-electron chi connectivity index (χ3n) is 5.38. The molecule has 2 heteroatoms. The van der Waals surface area contributed by atoms with E-state index in [1.165, 1.54) is 57.8 Å². The molecule has 0 amide bonds. The molecule has 2 aliphatic rings. The van der Waals surface area contributed by atoms with E-state index in [-0.39, 0.29) is 0 Å². The molecule has 2 aliphatic carbocycles. The molecular formula is C17H29I2+. The maximum atomic E-state index is 2.49. The van der Waals surface area contributed by atoms with Gasteiger partial charge in [0.25, 0.3) is 22.6 Å². The number of hydrogen-bond donors (Lipinski definition) is 0. The van der Waals surface area contributed by atoms with Gasteiger partial charge in [-0.3, -0.25) is 0 Å². The zero-order chi connectivity index (χ0) is 13.7. The van der Waals surface area contributed by atoms with Crippen LogP contribution in [0, 0.1) is 23.7 Å². The normalized spacial score (nSPS) is 38.5. The Hall–Kier alpha value is 1.20. The zero-order valence-corrected chi connectivity index (χ0v) is 16.7. The second kappa shape index (κ2) is 8.60. The van der Waals surface area contributed by atoms with Gasteiger partial charge in [0, 0.05) is 0 Å². The molecule has 2 saturated carbocycles. The van der Waals surface area contributed by atoms with Crippen molar-refractivity contribution in [1.29, 1.82) is 0 Å². The Morgan fingerprint density at radius 1 is 1.00 bits per heavy atom. The minimum absolute atomic E-state index is 0.703. The molecule has 0 aromatic rings. The first-order chi connectivity index (χ1) is 9.15. The van der Waals surface area contributed by atoms with Gasteiger partial charge in [-0.2, -0.15) is 0 Å². The largest absolute Gasteiger partial charge is 0.271 e. The second-order valence-electron chi connectivity index (χ2n) is 6.82. The minimum Gasteiger partial charge on any atom is -0.0830 e. The molecular weight excluding hydrogens is 458 g/mol. The van der Waals surface area contributed by atoms with E-state index in [4.69, 9.17) is 0 Å². The number of hydrogen-bond acceptors (Lipinski definition) is 0. The fourth-order valence-corrected chi connectivity index (χ4v) is 4.64. The number of rotatable bonds is 4. The van der Waals surface area contributed by atoms with Crippen LogP contribution in [0.15, 0.2) is 12.2 Å². The van der Waals surface area contributed by atoms with Gasteiger partial charge in [-0.05, 0) is 97.3 Å². The molecule has 0 aromatic carbocycles. The fraction of sp³-hybridized carbons (Fsp3) is 0.882. The van der Waals surface area contributed by atoms with E-state index in [1.807, 2.05) is 0 Å². The highest BCUT2D eigenvalue weighted by Gasteiger charge is 2.29. The van der Waals surface area contributed by atoms with Gasteiger partial charge in [-0.15, -0.1) is 0 Å². The standard InChI is InChI=1S/C17H29I2/c1-13-5-9-15(10-6-13)16-11-7-14(8-12-16)3-2-4-17(18)19/h2,4,13-18H,3,5-12H2,1H3/q+1. The Labute approximate surface area is 146 Å². The molecule has 2 fully saturated rings. The van der Waals surface area contributed by atoms with Crippen LogP contribution in [0.1, 0.15) is 64.7 Å². The molecule has 0 nitrogen and oxygen atoms in total. The summed E-state index contributed by atoms with van der Waals surface area (Å²) < 4.78 is 0.703. The van der Waals surface area contributed by atoms with Crippen LogP contribution >= 0.6 is 22.6 Å². The molecule has 2 rings (SSSR count). The first kappa shape index (κ1) is 16.6. The Bertz CT molecular complexity index is 269. The molecule has 19 heavy (non-hydrogen) atoms. The Morgan fingerprint density at radius 3 is 2.05 bits per heavy atom. The quantitative estimate of drug-likeness (QED) is 0.325. The first-order valence-electron chi connectivity index (χ1n) is 8.11. The number of alkyl halides is 2. The van der Waals surface area contributed by atoms with Gasteiger partial charge in [-0.1, -0.05) is 25.8 Å². The minimum atomic E-state index is 0.703. The summed E-state index contributed by atoms with van der Waals surface area (Å²) in [6, 6.07) is 0. The first-order valence-corrected chi connectivity index (χ1v) is 10.7. The van der Waals surface area contributed by atoms with Gasteiger partial charge >= 0.3 is 0 Å². The molecule has 0 aromatic heterocycles. The summed E-state index contributed by atoms with van der Waals surface area (Å²) in [6.07, 6.45) is 18.3. The predicted octanol–water partition coefficient (Wildman–Crippen LogP) is 2.61. The third kappa shape index (κ3) is 5.84. The molecule has 110 valence electrons. The van der Waals surface area contributed by atoms with Crippen molar-refractivity contribution in [3.63, 3.8) is 0 Å². The highest BCUT2D eigenvalue weighted by molar-refractivity contribution is 14.1. The third-order valence-corrected chi connectivity index (χ3v) is 6.24. The summed E-state index contributed by atoms with van der Waals surface area (Å²) in [5.41, 5.74) is 0. The van der Waals surface area contributed by atoms with Gasteiger partial charge in [0.1, 0.15) is 0 Å². The van der Waals surface area contributed by atoms with Crippen LogP contribution in [0.2, 0.25) is 0 Å². The molecule has 0 aliphatic heterocycles. The van der Waals surface area contributed by atoms with E-state index < -0.39 is 0 Å². The lowest BCUT2D eigenvalue weighted by atomic mass is 9.69. The zero-order valence-electron chi connectivity index (χ0n) is 12.2. The molecule has 1 atom stereocenters. The van der Waals surface area contributed by atoms with Gasteiger partial charge in [0.05, 0.1) is 0 Å². The summed E-state index contributed by atoms with van der Waals surface area (Å²) in [5.74, 6) is 4.17. The van der Waals surface area contributed by atoms with Crippen LogP contribution in [-0.2, 0) is 0 Å². The Kier molecular flexibility index (Phi) is 7.50. The van der Waals surface area contributed by atoms with E-state index in [2.05, 4.69) is 64.3 Å². The molecule has 0 saturated heterocycles. The van der Waals surface area contributed by atoms with Crippen LogP contribution in [0.4, 0.5) is 0 Å². The highest BCUT2D eigenvalue weighted by Crippen LogP contribution is 2.41. The second-order valence-corrected chi connectivity index (χ2v) is 12.2. The van der Waals surface area contributed by atoms with Crippen LogP contribution in [0.5, 0.6) is 0 Å². The summed E-state index contributed by atoms with van der Waals surface area (Å²) in [7, 11) is 0. The average Bonchev–Trinajstić information content (AvgIpc) is 2.40. The molecule has 0 N–H and O–H groups in total. The predicted molar refractivity (Wildman–Crippen MR) is 89.5 cm³/mol. The van der Waals surface area contributed by atoms with Crippen molar-refractivity contribution in [1.82, 2.24) is 0 Å². The van der Waals surface area contributed by atoms with Crippen LogP contribution < -0.4 is 22.6 Å². The highest BCUT2D eigenvalue weighted by atomic mass is 127. The fourth-order valence-electron chi connectivity index (χ4n) is 4.03.